The molecule has 0 heterocycles. The molecule has 4 rings (SSSR count). The van der Waals surface area contributed by atoms with E-state index in [0.29, 0.717) is 0 Å². The Kier molecular flexibility index (Phi) is 9.14. The largest absolute Gasteiger partial charge is 4.00 e. The molecule has 0 radical (unpaired) electrons. The fourth-order valence-electron chi connectivity index (χ4n) is 2.34. The topological polar surface area (TPSA) is 0 Å². The number of hydrogen-bond donors (Lipinski definition) is 0. The molecule has 2 aliphatic carbocycles. The van der Waals surface area contributed by atoms with Crippen LogP contribution in [0.5, 0.6) is 0 Å². The van der Waals surface area contributed by atoms with Crippen LogP contribution < -0.4 is 0 Å². The van der Waals surface area contributed by atoms with Crippen molar-refractivity contribution in [2.24, 2.45) is 0 Å². The molecule has 0 amide bonds. The van der Waals surface area contributed by atoms with E-state index in [1.54, 1.807) is 0 Å². The fourth-order valence-corrected chi connectivity index (χ4v) is 2.34. The van der Waals surface area contributed by atoms with Crippen LogP contribution in [0.3, 0.4) is 0 Å². The van der Waals surface area contributed by atoms with Crippen molar-refractivity contribution in [2.75, 3.05) is 0 Å². The van der Waals surface area contributed by atoms with Gasteiger partial charge in [-0.25, -0.2) is 12.2 Å². The van der Waals surface area contributed by atoms with Gasteiger partial charge >= 0.3 is 26.2 Å². The van der Waals surface area contributed by atoms with Crippen LogP contribution in [-0.2, 0) is 32.6 Å². The minimum Gasteiger partial charge on any atom is -0.358 e. The second-order valence-electron chi connectivity index (χ2n) is 4.40. The first kappa shape index (κ1) is 19.8. The van der Waals surface area contributed by atoms with E-state index >= 15 is 0 Å². The van der Waals surface area contributed by atoms with E-state index in [1.165, 1.54) is 22.3 Å². The Morgan fingerprint density at radius 2 is 1.67 bits per heavy atom. The Morgan fingerprint density at radius 3 is 2.33 bits per heavy atom. The summed E-state index contributed by atoms with van der Waals surface area (Å²) in [5, 5.41) is 0. The van der Waals surface area contributed by atoms with E-state index in [4.69, 9.17) is 0 Å². The fraction of sp³-hybridized carbons (Fsp3) is 0.100. The summed E-state index contributed by atoms with van der Waals surface area (Å²) < 4.78 is 0. The van der Waals surface area contributed by atoms with Crippen LogP contribution in [0.4, 0.5) is 0 Å². The third-order valence-corrected chi connectivity index (χ3v) is 3.20. The number of rotatable bonds is 0. The summed E-state index contributed by atoms with van der Waals surface area (Å²) >= 11 is 0. The molecule has 0 saturated carbocycles. The summed E-state index contributed by atoms with van der Waals surface area (Å²) in [4.78, 5) is 0. The summed E-state index contributed by atoms with van der Waals surface area (Å²) in [7, 11) is 0. The molecule has 2 aliphatic rings. The molecule has 0 aliphatic heterocycles. The predicted octanol–water partition coefficient (Wildman–Crippen LogP) is 5.26. The molecule has 0 bridgehead atoms. The first-order chi connectivity index (χ1) is 8.95. The van der Waals surface area contributed by atoms with E-state index in [9.17, 15) is 0 Å². The van der Waals surface area contributed by atoms with Crippen LogP contribution in [0.1, 0.15) is 17.5 Å². The third kappa shape index (κ3) is 4.65. The first-order valence-electron chi connectivity index (χ1n) is 6.25. The molecule has 0 nitrogen and oxygen atoms in total. The Bertz CT molecular complexity index is 555. The zero-order chi connectivity index (χ0) is 12.2. The molecule has 0 N–H and O–H groups in total. The van der Waals surface area contributed by atoms with Crippen LogP contribution in [0.25, 0.3) is 11.1 Å². The van der Waals surface area contributed by atoms with Gasteiger partial charge < -0.3 is 14.9 Å². The Morgan fingerprint density at radius 1 is 0.905 bits per heavy atom. The molecular formula is C20H20Zr. The molecule has 2 aromatic rings. The van der Waals surface area contributed by atoms with Crippen molar-refractivity contribution < 1.29 is 26.2 Å². The van der Waals surface area contributed by atoms with Gasteiger partial charge in [0, 0.05) is 0 Å². The Labute approximate surface area is 148 Å². The van der Waals surface area contributed by atoms with Gasteiger partial charge in [0.1, 0.15) is 0 Å². The van der Waals surface area contributed by atoms with Gasteiger partial charge in [0.15, 0.2) is 0 Å². The first-order valence-corrected chi connectivity index (χ1v) is 6.25. The number of fused-ring (bicyclic) bond motifs is 3. The summed E-state index contributed by atoms with van der Waals surface area (Å²) in [6.07, 6.45) is 11.0. The Hall–Kier alpha value is -1.20. The van der Waals surface area contributed by atoms with E-state index in [0.717, 1.165) is 12.8 Å². The monoisotopic (exact) mass is 350 g/mol. The summed E-state index contributed by atoms with van der Waals surface area (Å²) in [5.41, 5.74) is 5.51. The number of benzene rings is 2. The molecule has 1 heteroatoms. The second kappa shape index (κ2) is 9.69. The molecule has 21 heavy (non-hydrogen) atoms. The second-order valence-corrected chi connectivity index (χ2v) is 4.40. The van der Waals surface area contributed by atoms with E-state index in [2.05, 4.69) is 54.6 Å². The standard InChI is InChI=1S/C13H9.C5H5.2CH3.Zr/c1-3-7-12-10(5-1)9-11-6-2-4-8-13(11)12;1-2-4-5-3-1;;;/h1-5,7-8H,9H2;1-3H,4H2;2*1H3;/q4*-1;+4. The minimum absolute atomic E-state index is 0. The van der Waals surface area contributed by atoms with Crippen LogP contribution in [0.2, 0.25) is 0 Å². The zero-order valence-electron chi connectivity index (χ0n) is 12.7. The third-order valence-electron chi connectivity index (χ3n) is 3.20. The molecule has 2 aromatic carbocycles. The molecule has 0 atom stereocenters. The number of allylic oxidation sites excluding steroid dienone is 4. The van der Waals surface area contributed by atoms with Gasteiger partial charge in [0.05, 0.1) is 0 Å². The van der Waals surface area contributed by atoms with Gasteiger partial charge in [-0.3, -0.25) is 6.08 Å². The van der Waals surface area contributed by atoms with Gasteiger partial charge in [-0.15, -0.1) is 12.0 Å². The average molecular weight is 352 g/mol. The van der Waals surface area contributed by atoms with Gasteiger partial charge in [0.25, 0.3) is 0 Å². The minimum atomic E-state index is 0. The van der Waals surface area contributed by atoms with Crippen LogP contribution in [-0.4, -0.2) is 0 Å². The van der Waals surface area contributed by atoms with Crippen LogP contribution in [0.15, 0.2) is 60.7 Å². The van der Waals surface area contributed by atoms with Gasteiger partial charge in [-0.05, 0) is 6.42 Å². The summed E-state index contributed by atoms with van der Waals surface area (Å²) in [6.45, 7) is 0. The predicted molar refractivity (Wildman–Crippen MR) is 87.9 cm³/mol. The quantitative estimate of drug-likeness (QED) is 0.485. The van der Waals surface area contributed by atoms with Crippen molar-refractivity contribution in [2.45, 2.75) is 12.8 Å². The normalized spacial score (nSPS) is 11.8. The zero-order valence-corrected chi connectivity index (χ0v) is 15.1. The molecule has 0 unspecified atom stereocenters. The van der Waals surface area contributed by atoms with Crippen LogP contribution >= 0.6 is 0 Å². The van der Waals surface area contributed by atoms with Crippen molar-refractivity contribution >= 4 is 0 Å². The maximum Gasteiger partial charge on any atom is 4.00 e. The maximum absolute atomic E-state index is 3.30. The molecule has 0 saturated heterocycles. The molecule has 0 aromatic heterocycles. The summed E-state index contributed by atoms with van der Waals surface area (Å²) in [6, 6.07) is 18.1. The van der Waals surface area contributed by atoms with Crippen molar-refractivity contribution in [1.29, 1.82) is 0 Å². The van der Waals surface area contributed by atoms with Crippen molar-refractivity contribution in [3.8, 4) is 11.1 Å². The van der Waals surface area contributed by atoms with E-state index in [-0.39, 0.29) is 41.1 Å². The smallest absolute Gasteiger partial charge is 0.358 e. The summed E-state index contributed by atoms with van der Waals surface area (Å²) in [5.74, 6) is 0. The Balaban J connectivity index is 0.000000437. The molecular weight excluding hydrogens is 331 g/mol. The number of hydrogen-bond acceptors (Lipinski definition) is 0. The maximum atomic E-state index is 3.30. The molecule has 0 spiro atoms. The van der Waals surface area contributed by atoms with Gasteiger partial charge in [0.2, 0.25) is 0 Å². The van der Waals surface area contributed by atoms with Gasteiger partial charge in [-0.2, -0.15) is 35.9 Å². The average Bonchev–Trinajstić information content (AvgIpc) is 3.10. The van der Waals surface area contributed by atoms with Crippen molar-refractivity contribution in [3.05, 3.63) is 98.8 Å². The van der Waals surface area contributed by atoms with Crippen molar-refractivity contribution in [3.63, 3.8) is 0 Å². The SMILES string of the molecule is [C-]1=CC=CC1.[CH3-].[CH3-].[Zr+4].[c-]1cccc2c1Cc1ccccc1-2. The van der Waals surface area contributed by atoms with Crippen LogP contribution in [0, 0.1) is 27.0 Å². The molecule has 0 fully saturated rings. The van der Waals surface area contributed by atoms with E-state index < -0.39 is 0 Å². The van der Waals surface area contributed by atoms with Crippen molar-refractivity contribution in [1.82, 2.24) is 0 Å². The van der Waals surface area contributed by atoms with Gasteiger partial charge in [-0.1, -0.05) is 35.4 Å². The molecule has 104 valence electrons. The van der Waals surface area contributed by atoms with E-state index in [1.807, 2.05) is 18.2 Å².